The van der Waals surface area contributed by atoms with Gasteiger partial charge in [0.15, 0.2) is 0 Å². The number of rotatable bonds is 8. The molecule has 3 N–H and O–H groups in total. The first-order valence-electron chi connectivity index (χ1n) is 9.64. The fraction of sp³-hybridized carbons (Fsp3) is 0.273. The number of alkyl halides is 3. The highest BCUT2D eigenvalue weighted by Crippen LogP contribution is 2.26. The maximum Gasteiger partial charge on any atom is 0.490 e. The number of halogens is 4. The Morgan fingerprint density at radius 3 is 2.62 bits per heavy atom. The summed E-state index contributed by atoms with van der Waals surface area (Å²) in [7, 11) is 0. The molecule has 0 aliphatic rings. The van der Waals surface area contributed by atoms with Crippen molar-refractivity contribution in [2.24, 2.45) is 0 Å². The normalized spacial score (nSPS) is 13.7. The molecule has 0 spiro atoms. The molecule has 6 nitrogen and oxygen atoms in total. The average molecular weight is 469 g/mol. The molecule has 2 atom stereocenters. The lowest BCUT2D eigenvalue weighted by Gasteiger charge is -2.22. The highest BCUT2D eigenvalue weighted by Gasteiger charge is 2.42. The minimum absolute atomic E-state index is 0.0607. The molecule has 0 aliphatic carbocycles. The SMILES string of the molecule is C[C@H](Cc1c[nH]c2cc(C(=O)O)ccc12)NC[C@H](OC(=O)C(F)(F)F)c1cccc(Cl)c1. The van der Waals surface area contributed by atoms with Crippen LogP contribution in [0.15, 0.2) is 48.7 Å². The average Bonchev–Trinajstić information content (AvgIpc) is 3.12. The largest absolute Gasteiger partial charge is 0.490 e. The summed E-state index contributed by atoms with van der Waals surface area (Å²) in [5, 5.41) is 13.4. The summed E-state index contributed by atoms with van der Waals surface area (Å²) >= 11 is 5.94. The number of aromatic carboxylic acids is 1. The Balaban J connectivity index is 1.70. The first-order chi connectivity index (χ1) is 15.0. The van der Waals surface area contributed by atoms with Gasteiger partial charge in [0.05, 0.1) is 5.56 Å². The van der Waals surface area contributed by atoms with E-state index < -0.39 is 24.2 Å². The lowest BCUT2D eigenvalue weighted by molar-refractivity contribution is -0.205. The number of benzene rings is 2. The van der Waals surface area contributed by atoms with E-state index in [1.165, 1.54) is 24.3 Å². The lowest BCUT2D eigenvalue weighted by atomic mass is 10.0. The van der Waals surface area contributed by atoms with Crippen LogP contribution >= 0.6 is 11.6 Å². The van der Waals surface area contributed by atoms with Crippen molar-refractivity contribution < 1.29 is 32.6 Å². The third kappa shape index (κ3) is 5.80. The summed E-state index contributed by atoms with van der Waals surface area (Å²) in [6.45, 7) is 1.78. The van der Waals surface area contributed by atoms with Crippen LogP contribution in [-0.2, 0) is 16.0 Å². The molecule has 3 rings (SSSR count). The summed E-state index contributed by atoms with van der Waals surface area (Å²) < 4.78 is 42.9. The van der Waals surface area contributed by atoms with E-state index in [-0.39, 0.29) is 18.2 Å². The molecule has 0 fully saturated rings. The van der Waals surface area contributed by atoms with Crippen LogP contribution in [0, 0.1) is 0 Å². The van der Waals surface area contributed by atoms with E-state index in [1.54, 1.807) is 24.4 Å². The second kappa shape index (κ2) is 9.62. The summed E-state index contributed by atoms with van der Waals surface area (Å²) in [5.41, 5.74) is 2.07. The Kier molecular flexibility index (Phi) is 7.10. The van der Waals surface area contributed by atoms with E-state index >= 15 is 0 Å². The zero-order chi connectivity index (χ0) is 23.5. The number of ether oxygens (including phenoxy) is 1. The molecule has 170 valence electrons. The van der Waals surface area contributed by atoms with Crippen molar-refractivity contribution in [3.8, 4) is 0 Å². The Hall–Kier alpha value is -3.04. The Bertz CT molecular complexity index is 1130. The Labute approximate surface area is 186 Å². The predicted octanol–water partition coefficient (Wildman–Crippen LogP) is 4.89. The van der Waals surface area contributed by atoms with Gasteiger partial charge in [-0.2, -0.15) is 13.2 Å². The second-order valence-electron chi connectivity index (χ2n) is 7.34. The molecule has 1 heterocycles. The van der Waals surface area contributed by atoms with Gasteiger partial charge in [0, 0.05) is 34.7 Å². The third-order valence-corrected chi connectivity index (χ3v) is 5.13. The fourth-order valence-corrected chi connectivity index (χ4v) is 3.53. The van der Waals surface area contributed by atoms with Gasteiger partial charge in [0.25, 0.3) is 0 Å². The number of hydrogen-bond donors (Lipinski definition) is 3. The predicted molar refractivity (Wildman–Crippen MR) is 113 cm³/mol. The van der Waals surface area contributed by atoms with Crippen LogP contribution in [0.2, 0.25) is 5.02 Å². The van der Waals surface area contributed by atoms with Crippen molar-refractivity contribution in [3.63, 3.8) is 0 Å². The van der Waals surface area contributed by atoms with E-state index in [0.717, 1.165) is 10.9 Å². The molecule has 0 unspecified atom stereocenters. The molecule has 3 aromatic rings. The molecule has 0 radical (unpaired) electrons. The smallest absolute Gasteiger partial charge is 0.478 e. The van der Waals surface area contributed by atoms with Gasteiger partial charge in [-0.15, -0.1) is 0 Å². The number of carboxylic acids is 1. The number of carbonyl (C=O) groups excluding carboxylic acids is 1. The molecule has 0 bridgehead atoms. The molecule has 0 saturated heterocycles. The monoisotopic (exact) mass is 468 g/mol. The fourth-order valence-electron chi connectivity index (χ4n) is 3.33. The van der Waals surface area contributed by atoms with Crippen LogP contribution in [0.4, 0.5) is 13.2 Å². The summed E-state index contributed by atoms with van der Waals surface area (Å²) in [4.78, 5) is 25.5. The van der Waals surface area contributed by atoms with Crippen LogP contribution < -0.4 is 5.32 Å². The number of carboxylic acid groups (broad SMARTS) is 1. The van der Waals surface area contributed by atoms with Crippen LogP contribution in [-0.4, -0.2) is 40.8 Å². The summed E-state index contributed by atoms with van der Waals surface area (Å²) in [6, 6.07) is 10.7. The molecule has 10 heteroatoms. The highest BCUT2D eigenvalue weighted by molar-refractivity contribution is 6.30. The zero-order valence-corrected chi connectivity index (χ0v) is 17.6. The quantitative estimate of drug-likeness (QED) is 0.409. The van der Waals surface area contributed by atoms with E-state index in [4.69, 9.17) is 21.4 Å². The maximum atomic E-state index is 12.7. The van der Waals surface area contributed by atoms with Crippen LogP contribution in [0.5, 0.6) is 0 Å². The van der Waals surface area contributed by atoms with E-state index in [9.17, 15) is 22.8 Å². The van der Waals surface area contributed by atoms with Gasteiger partial charge in [-0.1, -0.05) is 29.8 Å². The highest BCUT2D eigenvalue weighted by atomic mass is 35.5. The molecule has 2 aromatic carbocycles. The second-order valence-corrected chi connectivity index (χ2v) is 7.78. The van der Waals surface area contributed by atoms with Crippen molar-refractivity contribution in [1.82, 2.24) is 10.3 Å². The minimum Gasteiger partial charge on any atom is -0.478 e. The van der Waals surface area contributed by atoms with Crippen LogP contribution in [0.3, 0.4) is 0 Å². The third-order valence-electron chi connectivity index (χ3n) is 4.89. The molecule has 32 heavy (non-hydrogen) atoms. The molecule has 0 aliphatic heterocycles. The Morgan fingerprint density at radius 2 is 1.97 bits per heavy atom. The van der Waals surface area contributed by atoms with Crippen LogP contribution in [0.1, 0.15) is 34.5 Å². The van der Waals surface area contributed by atoms with Gasteiger partial charge in [-0.3, -0.25) is 0 Å². The van der Waals surface area contributed by atoms with Crippen molar-refractivity contribution in [3.05, 3.63) is 70.4 Å². The number of carbonyl (C=O) groups is 2. The van der Waals surface area contributed by atoms with Crippen molar-refractivity contribution in [2.45, 2.75) is 31.7 Å². The van der Waals surface area contributed by atoms with Crippen molar-refractivity contribution >= 4 is 34.4 Å². The van der Waals surface area contributed by atoms with E-state index in [1.807, 2.05) is 6.92 Å². The number of H-pyrrole nitrogens is 1. The topological polar surface area (TPSA) is 91.4 Å². The molecule has 1 aromatic heterocycles. The molecular formula is C22H20ClF3N2O4. The molecule has 0 amide bonds. The number of aromatic amines is 1. The van der Waals surface area contributed by atoms with E-state index in [2.05, 4.69) is 10.3 Å². The minimum atomic E-state index is -5.11. The molecule has 0 saturated carbocycles. The molecular weight excluding hydrogens is 449 g/mol. The van der Waals surface area contributed by atoms with Gasteiger partial charge < -0.3 is 20.1 Å². The lowest BCUT2D eigenvalue weighted by Crippen LogP contribution is -2.35. The van der Waals surface area contributed by atoms with Gasteiger partial charge in [-0.25, -0.2) is 9.59 Å². The first-order valence-corrected chi connectivity index (χ1v) is 10.0. The summed E-state index contributed by atoms with van der Waals surface area (Å²) in [6.07, 6.45) is -4.04. The van der Waals surface area contributed by atoms with Gasteiger partial charge in [0.2, 0.25) is 0 Å². The zero-order valence-electron chi connectivity index (χ0n) is 16.9. The summed E-state index contributed by atoms with van der Waals surface area (Å²) in [5.74, 6) is -3.30. The number of fused-ring (bicyclic) bond motifs is 1. The standard InChI is InChI=1S/C22H20ClF3N2O4/c1-12(7-15-10-28-18-9-14(20(29)30)5-6-17(15)18)27-11-19(32-21(31)22(24,25)26)13-3-2-4-16(23)8-13/h2-6,8-10,12,19,27-28H,7,11H2,1H3,(H,29,30)/t12-,19+/m1/s1. The number of esters is 1. The number of aromatic nitrogens is 1. The van der Waals surface area contributed by atoms with Crippen molar-refractivity contribution in [2.75, 3.05) is 6.54 Å². The van der Waals surface area contributed by atoms with Crippen molar-refractivity contribution in [1.29, 1.82) is 0 Å². The van der Waals surface area contributed by atoms with Gasteiger partial charge in [0.1, 0.15) is 6.10 Å². The van der Waals surface area contributed by atoms with Gasteiger partial charge >= 0.3 is 18.1 Å². The van der Waals surface area contributed by atoms with Crippen LogP contribution in [0.25, 0.3) is 10.9 Å². The number of nitrogens with one attached hydrogen (secondary N) is 2. The Morgan fingerprint density at radius 1 is 1.22 bits per heavy atom. The number of hydrogen-bond acceptors (Lipinski definition) is 4. The van der Waals surface area contributed by atoms with E-state index in [0.29, 0.717) is 22.5 Å². The first kappa shape index (κ1) is 23.6. The maximum absolute atomic E-state index is 12.7. The van der Waals surface area contributed by atoms with Gasteiger partial charge in [-0.05, 0) is 48.7 Å².